The summed E-state index contributed by atoms with van der Waals surface area (Å²) in [6.07, 6.45) is 9.94. The van der Waals surface area contributed by atoms with Gasteiger partial charge in [0.05, 0.1) is 41.8 Å². The fourth-order valence-electron chi connectivity index (χ4n) is 9.22. The van der Waals surface area contributed by atoms with Crippen molar-refractivity contribution in [2.24, 2.45) is 11.8 Å². The van der Waals surface area contributed by atoms with E-state index in [1.165, 1.54) is 4.90 Å². The number of pyridine rings is 1. The van der Waals surface area contributed by atoms with E-state index >= 15 is 4.79 Å². The van der Waals surface area contributed by atoms with Crippen LogP contribution < -0.4 is 19.5 Å². The molecule has 3 amide bonds. The number of rotatable bonds is 11. The van der Waals surface area contributed by atoms with Crippen molar-refractivity contribution < 1.29 is 50.2 Å². The maximum atomic E-state index is 15.1. The number of aromatic nitrogens is 1. The van der Waals surface area contributed by atoms with Crippen LogP contribution in [0.1, 0.15) is 129 Å². The quantitative estimate of drug-likeness (QED) is 0.221. The number of hydrogen-bond acceptors (Lipinski definition) is 12. The summed E-state index contributed by atoms with van der Waals surface area (Å²) in [6.45, 7) is 8.93. The van der Waals surface area contributed by atoms with Crippen LogP contribution in [0.25, 0.3) is 10.9 Å². The molecule has 2 N–H and O–H groups in total. The van der Waals surface area contributed by atoms with Gasteiger partial charge in [-0.05, 0) is 96.3 Å². The molecule has 1 aromatic heterocycles. The van der Waals surface area contributed by atoms with Crippen molar-refractivity contribution in [1.29, 1.82) is 0 Å². The van der Waals surface area contributed by atoms with Crippen LogP contribution in [0, 0.1) is 11.8 Å². The molecule has 5 atom stereocenters. The monoisotopic (exact) mass is 898 g/mol. The standard InChI is InChI=1S/C45H62N4O11S2/c1-28(2)37-38-32(33-24-31(58-6)15-16-34(33)46-37)17-18-44(60-38)26-35-39(51)47-45(41(53)48-62(56,57)43(5)19-20-43)25-30(45)14-12-10-8-9-11-13-29(40(52)49(35)27-44)23-36(50)59-42(3,4)21-22-61(7,54)55/h12,14-16,24,28-30,35H,8-11,13,17-23,25-27H2,1-7H3,(H,47,51)(H,48,53)/b14-12-/t29-,30-,35+,44-,45-/m1/s1. The van der Waals surface area contributed by atoms with Crippen molar-refractivity contribution >= 4 is 54.5 Å². The number of esters is 1. The Balaban J connectivity index is 1.24. The molecule has 3 fully saturated rings. The van der Waals surface area contributed by atoms with Crippen LogP contribution in [0.3, 0.4) is 0 Å². The minimum atomic E-state index is -4.03. The first-order chi connectivity index (χ1) is 29.0. The van der Waals surface area contributed by atoms with Gasteiger partial charge >= 0.3 is 5.97 Å². The first-order valence-electron chi connectivity index (χ1n) is 21.9. The van der Waals surface area contributed by atoms with E-state index in [9.17, 15) is 31.2 Å². The number of nitrogens with zero attached hydrogens (tertiary/aromatic N) is 2. The van der Waals surface area contributed by atoms with Crippen LogP contribution in [-0.2, 0) is 50.2 Å². The number of amides is 3. The molecule has 0 unspecified atom stereocenters. The second-order valence-electron chi connectivity index (χ2n) is 19.6. The van der Waals surface area contributed by atoms with E-state index in [0.29, 0.717) is 56.4 Å². The number of carbonyl (C=O) groups is 4. The summed E-state index contributed by atoms with van der Waals surface area (Å²) in [7, 11) is -5.75. The first-order valence-corrected chi connectivity index (χ1v) is 25.5. The van der Waals surface area contributed by atoms with Crippen LogP contribution in [0.4, 0.5) is 0 Å². The Labute approximate surface area is 365 Å². The average Bonchev–Trinajstić information content (AvgIpc) is 4.09. The second-order valence-corrected chi connectivity index (χ2v) is 24.0. The number of sulfone groups is 1. The molecular formula is C45H62N4O11S2. The van der Waals surface area contributed by atoms with Crippen molar-refractivity contribution in [3.8, 4) is 11.5 Å². The first kappa shape index (κ1) is 45.8. The van der Waals surface area contributed by atoms with Gasteiger partial charge in [0.1, 0.15) is 44.1 Å². The number of methoxy groups -OCH3 is 1. The summed E-state index contributed by atoms with van der Waals surface area (Å²) in [6, 6.07) is 4.58. The molecule has 1 spiro atoms. The molecule has 0 bridgehead atoms. The van der Waals surface area contributed by atoms with Crippen molar-refractivity contribution in [3.05, 3.63) is 41.6 Å². The molecule has 4 heterocycles. The Hall–Kier alpha value is -4.25. The fourth-order valence-corrected chi connectivity index (χ4v) is 11.4. The summed E-state index contributed by atoms with van der Waals surface area (Å²) < 4.78 is 70.1. The number of sulfonamides is 1. The number of benzene rings is 1. The zero-order chi connectivity index (χ0) is 45.0. The minimum absolute atomic E-state index is 0.0116. The van der Waals surface area contributed by atoms with Crippen molar-refractivity contribution in [1.82, 2.24) is 19.9 Å². The predicted octanol–water partition coefficient (Wildman–Crippen LogP) is 5.19. The lowest BCUT2D eigenvalue weighted by Crippen LogP contribution is -2.57. The van der Waals surface area contributed by atoms with Crippen molar-refractivity contribution in [3.63, 3.8) is 0 Å². The molecule has 15 nitrogen and oxygen atoms in total. The van der Waals surface area contributed by atoms with E-state index in [0.717, 1.165) is 41.3 Å². The normalized spacial score (nSPS) is 28.1. The summed E-state index contributed by atoms with van der Waals surface area (Å²) in [5.74, 6) is -2.80. The Morgan fingerprint density at radius 3 is 2.50 bits per heavy atom. The predicted molar refractivity (Wildman–Crippen MR) is 233 cm³/mol. The second kappa shape index (κ2) is 16.7. The van der Waals surface area contributed by atoms with Gasteiger partial charge in [-0.25, -0.2) is 21.8 Å². The highest BCUT2D eigenvalue weighted by Crippen LogP contribution is 2.50. The topological polar surface area (TPSA) is 204 Å². The molecular weight excluding hydrogens is 837 g/mol. The Kier molecular flexibility index (Phi) is 12.3. The van der Waals surface area contributed by atoms with E-state index in [2.05, 4.69) is 10.0 Å². The minimum Gasteiger partial charge on any atom is -0.497 e. The van der Waals surface area contributed by atoms with Crippen LogP contribution in [0.15, 0.2) is 30.4 Å². The van der Waals surface area contributed by atoms with Gasteiger partial charge in [-0.3, -0.25) is 23.9 Å². The van der Waals surface area contributed by atoms with Gasteiger partial charge in [-0.1, -0.05) is 38.8 Å². The van der Waals surface area contributed by atoms with Gasteiger partial charge in [0.15, 0.2) is 0 Å². The highest BCUT2D eigenvalue weighted by Gasteiger charge is 2.64. The summed E-state index contributed by atoms with van der Waals surface area (Å²) >= 11 is 0. The van der Waals surface area contributed by atoms with Crippen LogP contribution in [-0.4, -0.2) is 104 Å². The Bertz CT molecular complexity index is 2390. The number of allylic oxidation sites excluding steroid dienone is 1. The summed E-state index contributed by atoms with van der Waals surface area (Å²) in [4.78, 5) is 64.2. The molecule has 5 aliphatic rings. The lowest BCUT2D eigenvalue weighted by Gasteiger charge is -2.37. The van der Waals surface area contributed by atoms with Gasteiger partial charge in [0, 0.05) is 41.9 Å². The van der Waals surface area contributed by atoms with Crippen LogP contribution in [0.2, 0.25) is 0 Å². The molecule has 17 heteroatoms. The molecule has 1 saturated heterocycles. The van der Waals surface area contributed by atoms with E-state index in [1.54, 1.807) is 27.9 Å². The SMILES string of the molecule is COc1ccc2nc(C(C)C)c3c(c2c1)CC[C@]1(C[C@H]2C(=O)N[C@]4(C(=O)NS(=O)(=O)C5(C)CC5)C[C@H]4/C=C\CCCCC[C@H](CC(=O)OC(C)(C)CCS(C)(=O)=O)C(=O)N2C1)O3. The number of hydrogen-bond donors (Lipinski definition) is 2. The van der Waals surface area contributed by atoms with Crippen molar-refractivity contribution in [2.75, 3.05) is 25.7 Å². The third-order valence-electron chi connectivity index (χ3n) is 13.6. The highest BCUT2D eigenvalue weighted by molar-refractivity contribution is 7.91. The van der Waals surface area contributed by atoms with Gasteiger partial charge in [-0.2, -0.15) is 0 Å². The molecule has 1 aromatic carbocycles. The maximum Gasteiger partial charge on any atom is 0.307 e. The number of carbonyl (C=O) groups excluding carboxylic acids is 4. The zero-order valence-corrected chi connectivity index (χ0v) is 38.6. The number of nitrogens with one attached hydrogen (secondary N) is 2. The van der Waals surface area contributed by atoms with Gasteiger partial charge in [0.25, 0.3) is 5.91 Å². The van der Waals surface area contributed by atoms with Crippen molar-refractivity contribution in [2.45, 2.75) is 152 Å². The van der Waals surface area contributed by atoms with E-state index in [-0.39, 0.29) is 43.9 Å². The highest BCUT2D eigenvalue weighted by atomic mass is 32.2. The zero-order valence-electron chi connectivity index (χ0n) is 37.0. The van der Waals surface area contributed by atoms with Gasteiger partial charge in [0.2, 0.25) is 21.8 Å². The van der Waals surface area contributed by atoms with Gasteiger partial charge in [-0.15, -0.1) is 0 Å². The molecule has 340 valence electrons. The fraction of sp³-hybridized carbons (Fsp3) is 0.667. The molecule has 2 aliphatic carbocycles. The van der Waals surface area contributed by atoms with Crippen LogP contribution >= 0.6 is 0 Å². The lowest BCUT2D eigenvalue weighted by molar-refractivity contribution is -0.160. The lowest BCUT2D eigenvalue weighted by atomic mass is 9.86. The molecule has 0 radical (unpaired) electrons. The molecule has 2 aromatic rings. The number of fused-ring (bicyclic) bond motifs is 5. The molecule has 3 aliphatic heterocycles. The van der Waals surface area contributed by atoms with E-state index in [1.807, 2.05) is 44.2 Å². The molecule has 62 heavy (non-hydrogen) atoms. The average molecular weight is 899 g/mol. The molecule has 7 rings (SSSR count). The van der Waals surface area contributed by atoms with Gasteiger partial charge < -0.3 is 24.4 Å². The third-order valence-corrected chi connectivity index (χ3v) is 16.7. The summed E-state index contributed by atoms with van der Waals surface area (Å²) in [5.41, 5.74) is -1.22. The smallest absolute Gasteiger partial charge is 0.307 e. The summed E-state index contributed by atoms with van der Waals surface area (Å²) in [5, 5.41) is 3.84. The Morgan fingerprint density at radius 2 is 1.82 bits per heavy atom. The Morgan fingerprint density at radius 1 is 1.08 bits per heavy atom. The number of aryl methyl sites for hydroxylation is 1. The molecule has 2 saturated carbocycles. The van der Waals surface area contributed by atoms with Crippen LogP contribution in [0.5, 0.6) is 11.5 Å². The van der Waals surface area contributed by atoms with E-state index < -0.39 is 82.9 Å². The maximum absolute atomic E-state index is 15.1. The van der Waals surface area contributed by atoms with E-state index in [4.69, 9.17) is 19.2 Å². The largest absolute Gasteiger partial charge is 0.497 e. The number of ether oxygens (including phenoxy) is 3. The third kappa shape index (κ3) is 9.48.